The third kappa shape index (κ3) is 7.03. The Morgan fingerprint density at radius 2 is 1.71 bits per heavy atom. The van der Waals surface area contributed by atoms with Crippen molar-refractivity contribution in [2.24, 2.45) is 0 Å². The SMILES string of the molecule is CCOc1ccc(NS(=O)(=O)c2ccc(OCC(=O)NC(C)c3ccccc3OC)c(Cl)c2)cc1. The summed E-state index contributed by atoms with van der Waals surface area (Å²) in [7, 11) is -2.32. The van der Waals surface area contributed by atoms with E-state index >= 15 is 0 Å². The number of nitrogens with one attached hydrogen (secondary N) is 2. The molecule has 2 N–H and O–H groups in total. The number of carbonyl (C=O) groups is 1. The summed E-state index contributed by atoms with van der Waals surface area (Å²) in [5, 5.41) is 2.89. The van der Waals surface area contributed by atoms with Gasteiger partial charge < -0.3 is 19.5 Å². The fourth-order valence-electron chi connectivity index (χ4n) is 3.29. The molecule has 1 atom stereocenters. The van der Waals surface area contributed by atoms with Crippen molar-refractivity contribution in [3.63, 3.8) is 0 Å². The van der Waals surface area contributed by atoms with Gasteiger partial charge in [0.05, 0.1) is 29.7 Å². The summed E-state index contributed by atoms with van der Waals surface area (Å²) < 4.78 is 44.1. The van der Waals surface area contributed by atoms with E-state index in [0.29, 0.717) is 23.8 Å². The Bertz CT molecular complexity index is 1270. The fourth-order valence-corrected chi connectivity index (χ4v) is 4.68. The van der Waals surface area contributed by atoms with Crippen molar-refractivity contribution in [2.45, 2.75) is 24.8 Å². The van der Waals surface area contributed by atoms with Gasteiger partial charge in [0.25, 0.3) is 15.9 Å². The lowest BCUT2D eigenvalue weighted by atomic mass is 10.1. The number of amides is 1. The zero-order valence-electron chi connectivity index (χ0n) is 19.6. The van der Waals surface area contributed by atoms with Gasteiger partial charge in [-0.3, -0.25) is 9.52 Å². The van der Waals surface area contributed by atoms with E-state index in [1.807, 2.05) is 38.1 Å². The second kappa shape index (κ2) is 11.8. The van der Waals surface area contributed by atoms with Crippen LogP contribution in [0, 0.1) is 0 Å². The number of benzene rings is 3. The molecule has 0 aliphatic rings. The number of carbonyl (C=O) groups excluding carboxylic acids is 1. The molecule has 35 heavy (non-hydrogen) atoms. The Hall–Kier alpha value is -3.43. The molecular formula is C25H27ClN2O6S. The van der Waals surface area contributed by atoms with Crippen LogP contribution in [0.15, 0.2) is 71.6 Å². The maximum atomic E-state index is 12.7. The Morgan fingerprint density at radius 1 is 1.00 bits per heavy atom. The summed E-state index contributed by atoms with van der Waals surface area (Å²) in [6.45, 7) is 3.92. The molecule has 0 heterocycles. The molecule has 0 aromatic heterocycles. The third-order valence-corrected chi connectivity index (χ3v) is 6.65. The molecule has 0 aliphatic heterocycles. The van der Waals surface area contributed by atoms with Gasteiger partial charge in [0.15, 0.2) is 6.61 Å². The predicted molar refractivity (Wildman–Crippen MR) is 135 cm³/mol. The van der Waals surface area contributed by atoms with Crippen LogP contribution < -0.4 is 24.2 Å². The van der Waals surface area contributed by atoms with E-state index < -0.39 is 10.0 Å². The Kier molecular flexibility index (Phi) is 8.84. The van der Waals surface area contributed by atoms with E-state index in [4.69, 9.17) is 25.8 Å². The van der Waals surface area contributed by atoms with Crippen LogP contribution in [0.1, 0.15) is 25.5 Å². The van der Waals surface area contributed by atoms with Crippen LogP contribution in [-0.2, 0) is 14.8 Å². The maximum Gasteiger partial charge on any atom is 0.261 e. The molecule has 0 saturated carbocycles. The van der Waals surface area contributed by atoms with E-state index in [9.17, 15) is 13.2 Å². The normalized spacial score (nSPS) is 11.9. The summed E-state index contributed by atoms with van der Waals surface area (Å²) >= 11 is 6.24. The summed E-state index contributed by atoms with van der Waals surface area (Å²) in [6, 6.07) is 17.7. The number of sulfonamides is 1. The topological polar surface area (TPSA) is 103 Å². The van der Waals surface area contributed by atoms with E-state index in [0.717, 1.165) is 5.56 Å². The standard InChI is InChI=1S/C25H27ClN2O6S/c1-4-33-19-11-9-18(10-12-19)28-35(30,31)20-13-14-24(22(26)15-20)34-16-25(29)27-17(2)21-7-5-6-8-23(21)32-3/h5-15,17,28H,4,16H2,1-3H3,(H,27,29). The van der Waals surface area contributed by atoms with Gasteiger partial charge in [-0.2, -0.15) is 0 Å². The molecule has 0 bridgehead atoms. The largest absolute Gasteiger partial charge is 0.496 e. The number of halogens is 1. The number of methoxy groups -OCH3 is 1. The van der Waals surface area contributed by atoms with Gasteiger partial charge in [-0.05, 0) is 62.4 Å². The summed E-state index contributed by atoms with van der Waals surface area (Å²) in [5.41, 5.74) is 1.21. The van der Waals surface area contributed by atoms with E-state index in [-0.39, 0.29) is 34.2 Å². The minimum absolute atomic E-state index is 0.0435. The van der Waals surface area contributed by atoms with Crippen molar-refractivity contribution in [1.29, 1.82) is 0 Å². The highest BCUT2D eigenvalue weighted by molar-refractivity contribution is 7.92. The van der Waals surface area contributed by atoms with E-state index in [2.05, 4.69) is 10.0 Å². The highest BCUT2D eigenvalue weighted by Crippen LogP contribution is 2.29. The van der Waals surface area contributed by atoms with Crippen molar-refractivity contribution < 1.29 is 27.4 Å². The molecule has 186 valence electrons. The van der Waals surface area contributed by atoms with Crippen LogP contribution in [0.2, 0.25) is 5.02 Å². The van der Waals surface area contributed by atoms with Crippen molar-refractivity contribution in [2.75, 3.05) is 25.0 Å². The second-order valence-corrected chi connectivity index (χ2v) is 9.56. The fraction of sp³-hybridized carbons (Fsp3) is 0.240. The zero-order chi connectivity index (χ0) is 25.4. The molecule has 8 nitrogen and oxygen atoms in total. The first kappa shape index (κ1) is 26.2. The van der Waals surface area contributed by atoms with Crippen LogP contribution >= 0.6 is 11.6 Å². The molecule has 1 unspecified atom stereocenters. The highest BCUT2D eigenvalue weighted by Gasteiger charge is 2.18. The number of hydrogen-bond acceptors (Lipinski definition) is 6. The van der Waals surface area contributed by atoms with Crippen molar-refractivity contribution in [3.05, 3.63) is 77.3 Å². The Morgan fingerprint density at radius 3 is 2.37 bits per heavy atom. The van der Waals surface area contributed by atoms with Gasteiger partial charge in [0, 0.05) is 11.3 Å². The molecule has 3 rings (SSSR count). The number of para-hydroxylation sites is 1. The number of hydrogen-bond donors (Lipinski definition) is 2. The van der Waals surface area contributed by atoms with Crippen LogP contribution in [0.3, 0.4) is 0 Å². The lowest BCUT2D eigenvalue weighted by Crippen LogP contribution is -2.31. The molecule has 0 aliphatic carbocycles. The Labute approximate surface area is 210 Å². The summed E-state index contributed by atoms with van der Waals surface area (Å²) in [5.74, 6) is 1.13. The van der Waals surface area contributed by atoms with E-state index in [1.54, 1.807) is 31.4 Å². The molecular weight excluding hydrogens is 492 g/mol. The number of rotatable bonds is 11. The maximum absolute atomic E-state index is 12.7. The molecule has 0 saturated heterocycles. The van der Waals surface area contributed by atoms with Gasteiger partial charge >= 0.3 is 0 Å². The first-order valence-corrected chi connectivity index (χ1v) is 12.7. The first-order chi connectivity index (χ1) is 16.7. The lowest BCUT2D eigenvalue weighted by Gasteiger charge is -2.17. The van der Waals surface area contributed by atoms with Gasteiger partial charge in [0.1, 0.15) is 17.2 Å². The monoisotopic (exact) mass is 518 g/mol. The highest BCUT2D eigenvalue weighted by atomic mass is 35.5. The first-order valence-electron chi connectivity index (χ1n) is 10.8. The molecule has 10 heteroatoms. The van der Waals surface area contributed by atoms with Crippen LogP contribution in [0.25, 0.3) is 0 Å². The van der Waals surface area contributed by atoms with Crippen LogP contribution in [0.5, 0.6) is 17.2 Å². The lowest BCUT2D eigenvalue weighted by molar-refractivity contribution is -0.123. The molecule has 3 aromatic carbocycles. The molecule has 1 amide bonds. The quantitative estimate of drug-likeness (QED) is 0.378. The van der Waals surface area contributed by atoms with Crippen LogP contribution in [-0.4, -0.2) is 34.6 Å². The summed E-state index contributed by atoms with van der Waals surface area (Å²) in [4.78, 5) is 12.3. The van der Waals surface area contributed by atoms with Crippen molar-refractivity contribution in [3.8, 4) is 17.2 Å². The molecule has 0 spiro atoms. The molecule has 0 radical (unpaired) electrons. The van der Waals surface area contributed by atoms with Crippen LogP contribution in [0.4, 0.5) is 5.69 Å². The van der Waals surface area contributed by atoms with Gasteiger partial charge in [-0.25, -0.2) is 8.42 Å². The predicted octanol–water partition coefficient (Wildman–Crippen LogP) is 4.80. The Balaban J connectivity index is 1.60. The van der Waals surface area contributed by atoms with E-state index in [1.165, 1.54) is 18.2 Å². The molecule has 0 fully saturated rings. The second-order valence-electron chi connectivity index (χ2n) is 7.47. The number of anilines is 1. The third-order valence-electron chi connectivity index (χ3n) is 4.97. The van der Waals surface area contributed by atoms with Crippen molar-refractivity contribution >= 4 is 33.2 Å². The van der Waals surface area contributed by atoms with Gasteiger partial charge in [-0.15, -0.1) is 0 Å². The van der Waals surface area contributed by atoms with Gasteiger partial charge in [-0.1, -0.05) is 29.8 Å². The van der Waals surface area contributed by atoms with Crippen molar-refractivity contribution in [1.82, 2.24) is 5.32 Å². The minimum Gasteiger partial charge on any atom is -0.496 e. The number of ether oxygens (including phenoxy) is 3. The summed E-state index contributed by atoms with van der Waals surface area (Å²) in [6.07, 6.45) is 0. The average molecular weight is 519 g/mol. The molecule has 3 aromatic rings. The zero-order valence-corrected chi connectivity index (χ0v) is 21.2. The average Bonchev–Trinajstić information content (AvgIpc) is 2.84. The van der Waals surface area contributed by atoms with Gasteiger partial charge in [0.2, 0.25) is 0 Å². The minimum atomic E-state index is -3.88. The smallest absolute Gasteiger partial charge is 0.261 e.